The van der Waals surface area contributed by atoms with Gasteiger partial charge < -0.3 is 14.9 Å². The van der Waals surface area contributed by atoms with E-state index in [2.05, 4.69) is 0 Å². The van der Waals surface area contributed by atoms with Gasteiger partial charge in [0, 0.05) is 39.0 Å². The van der Waals surface area contributed by atoms with Crippen LogP contribution in [-0.2, 0) is 14.4 Å². The minimum atomic E-state index is -0.849. The van der Waals surface area contributed by atoms with Crippen LogP contribution in [-0.4, -0.2) is 58.9 Å². The molecule has 6 nitrogen and oxygen atoms in total. The first-order valence-corrected chi connectivity index (χ1v) is 8.63. The fourth-order valence-electron chi connectivity index (χ4n) is 2.96. The van der Waals surface area contributed by atoms with E-state index in [-0.39, 0.29) is 18.4 Å². The van der Waals surface area contributed by atoms with Gasteiger partial charge in [-0.15, -0.1) is 0 Å². The van der Waals surface area contributed by atoms with Crippen molar-refractivity contribution in [3.63, 3.8) is 0 Å². The summed E-state index contributed by atoms with van der Waals surface area (Å²) in [7, 11) is 0. The zero-order valence-corrected chi connectivity index (χ0v) is 14.6. The van der Waals surface area contributed by atoms with E-state index in [9.17, 15) is 19.5 Å². The molecule has 1 heterocycles. The number of carboxylic acids is 1. The minimum absolute atomic E-state index is 0.0414. The summed E-state index contributed by atoms with van der Waals surface area (Å²) in [6.07, 6.45) is 3.59. The van der Waals surface area contributed by atoms with Crippen molar-refractivity contribution in [3.8, 4) is 0 Å². The second-order valence-electron chi connectivity index (χ2n) is 6.67. The van der Waals surface area contributed by atoms with E-state index in [1.807, 2.05) is 18.7 Å². The smallest absolute Gasteiger partial charge is 0.311 e. The largest absolute Gasteiger partial charge is 0.481 e. The monoisotopic (exact) mass is 326 g/mol. The highest BCUT2D eigenvalue weighted by Gasteiger charge is 2.41. The van der Waals surface area contributed by atoms with Gasteiger partial charge in [-0.25, -0.2) is 0 Å². The first-order chi connectivity index (χ1) is 10.8. The van der Waals surface area contributed by atoms with Crippen LogP contribution in [0.15, 0.2) is 0 Å². The van der Waals surface area contributed by atoms with Gasteiger partial charge in [0.1, 0.15) is 0 Å². The normalized spacial score (nSPS) is 20.6. The molecule has 0 bridgehead atoms. The number of hydrogen-bond acceptors (Lipinski definition) is 3. The van der Waals surface area contributed by atoms with Crippen LogP contribution < -0.4 is 0 Å². The average Bonchev–Trinajstić information content (AvgIpc) is 2.91. The number of carbonyl (C=O) groups is 3. The molecule has 1 atom stereocenters. The summed E-state index contributed by atoms with van der Waals surface area (Å²) >= 11 is 0. The molecule has 0 radical (unpaired) electrons. The zero-order valence-electron chi connectivity index (χ0n) is 14.6. The number of amides is 2. The topological polar surface area (TPSA) is 77.9 Å². The molecule has 0 aromatic heterocycles. The predicted octanol–water partition coefficient (Wildman–Crippen LogP) is 2.13. The lowest BCUT2D eigenvalue weighted by atomic mass is 9.90. The summed E-state index contributed by atoms with van der Waals surface area (Å²) in [6, 6.07) is 0. The van der Waals surface area contributed by atoms with E-state index in [1.54, 1.807) is 11.8 Å². The van der Waals surface area contributed by atoms with Crippen molar-refractivity contribution < 1.29 is 19.5 Å². The number of nitrogens with zero attached hydrogens (tertiary/aromatic N) is 2. The van der Waals surface area contributed by atoms with Crippen molar-refractivity contribution in [2.45, 2.75) is 59.3 Å². The second-order valence-corrected chi connectivity index (χ2v) is 6.67. The maximum absolute atomic E-state index is 12.2. The zero-order chi connectivity index (χ0) is 17.5. The molecule has 1 fully saturated rings. The first-order valence-electron chi connectivity index (χ1n) is 8.63. The van der Waals surface area contributed by atoms with Gasteiger partial charge in [0.15, 0.2) is 0 Å². The highest BCUT2D eigenvalue weighted by molar-refractivity contribution is 5.81. The third-order valence-electron chi connectivity index (χ3n) is 4.46. The summed E-state index contributed by atoms with van der Waals surface area (Å²) in [4.78, 5) is 39.0. The van der Waals surface area contributed by atoms with E-state index in [0.29, 0.717) is 32.2 Å². The van der Waals surface area contributed by atoms with Crippen LogP contribution in [0.25, 0.3) is 0 Å². The number of likely N-dealkylation sites (tertiary alicyclic amines) is 1. The number of aliphatic carboxylic acids is 1. The predicted molar refractivity (Wildman–Crippen MR) is 88.0 cm³/mol. The van der Waals surface area contributed by atoms with Crippen molar-refractivity contribution in [2.75, 3.05) is 26.2 Å². The molecule has 6 heteroatoms. The standard InChI is InChI=1S/C17H30N2O4/c1-4-10-18(11-5-2)14(20)7-6-8-15(21)19-12-9-17(3,13-19)16(22)23/h4-13H2,1-3H3,(H,22,23). The Kier molecular flexibility index (Phi) is 7.52. The lowest BCUT2D eigenvalue weighted by molar-refractivity contribution is -0.147. The van der Waals surface area contributed by atoms with Crippen LogP contribution in [0.3, 0.4) is 0 Å². The van der Waals surface area contributed by atoms with E-state index >= 15 is 0 Å². The van der Waals surface area contributed by atoms with Gasteiger partial charge >= 0.3 is 5.97 Å². The molecule has 132 valence electrons. The number of hydrogen-bond donors (Lipinski definition) is 1. The van der Waals surface area contributed by atoms with Crippen LogP contribution in [0.2, 0.25) is 0 Å². The van der Waals surface area contributed by atoms with Crippen molar-refractivity contribution >= 4 is 17.8 Å². The highest BCUT2D eigenvalue weighted by atomic mass is 16.4. The molecule has 0 spiro atoms. The van der Waals surface area contributed by atoms with E-state index < -0.39 is 11.4 Å². The molecule has 1 aliphatic heterocycles. The van der Waals surface area contributed by atoms with Crippen LogP contribution in [0.5, 0.6) is 0 Å². The van der Waals surface area contributed by atoms with Gasteiger partial charge in [0.25, 0.3) is 0 Å². The Morgan fingerprint density at radius 2 is 1.74 bits per heavy atom. The third kappa shape index (κ3) is 5.52. The maximum atomic E-state index is 12.2. The van der Waals surface area contributed by atoms with Gasteiger partial charge in [-0.2, -0.15) is 0 Å². The Bertz CT molecular complexity index is 432. The molecule has 0 saturated carbocycles. The van der Waals surface area contributed by atoms with E-state index in [4.69, 9.17) is 0 Å². The second kappa shape index (κ2) is 8.89. The van der Waals surface area contributed by atoms with Gasteiger partial charge in [0.05, 0.1) is 5.41 Å². The van der Waals surface area contributed by atoms with Gasteiger partial charge in [-0.3, -0.25) is 14.4 Å². The summed E-state index contributed by atoms with van der Waals surface area (Å²) in [5, 5.41) is 9.19. The van der Waals surface area contributed by atoms with Gasteiger partial charge in [0.2, 0.25) is 11.8 Å². The molecule has 23 heavy (non-hydrogen) atoms. The Morgan fingerprint density at radius 1 is 1.13 bits per heavy atom. The molecule has 1 saturated heterocycles. The first kappa shape index (κ1) is 19.5. The number of rotatable bonds is 9. The molecule has 1 N–H and O–H groups in total. The summed E-state index contributed by atoms with van der Waals surface area (Å²) < 4.78 is 0. The summed E-state index contributed by atoms with van der Waals surface area (Å²) in [5.74, 6) is -0.781. The maximum Gasteiger partial charge on any atom is 0.311 e. The lowest BCUT2D eigenvalue weighted by Crippen LogP contribution is -2.35. The third-order valence-corrected chi connectivity index (χ3v) is 4.46. The van der Waals surface area contributed by atoms with E-state index in [0.717, 1.165) is 25.9 Å². The van der Waals surface area contributed by atoms with Crippen LogP contribution in [0.4, 0.5) is 0 Å². The molecule has 0 aliphatic carbocycles. The van der Waals surface area contributed by atoms with Crippen molar-refractivity contribution in [3.05, 3.63) is 0 Å². The van der Waals surface area contributed by atoms with Crippen LogP contribution in [0.1, 0.15) is 59.3 Å². The van der Waals surface area contributed by atoms with Crippen LogP contribution >= 0.6 is 0 Å². The Morgan fingerprint density at radius 3 is 2.22 bits per heavy atom. The molecule has 0 aromatic carbocycles. The lowest BCUT2D eigenvalue weighted by Gasteiger charge is -2.22. The molecule has 1 rings (SSSR count). The Labute approximate surface area is 138 Å². The molecule has 0 aromatic rings. The van der Waals surface area contributed by atoms with Crippen molar-refractivity contribution in [2.24, 2.45) is 5.41 Å². The van der Waals surface area contributed by atoms with Crippen molar-refractivity contribution in [1.82, 2.24) is 9.80 Å². The minimum Gasteiger partial charge on any atom is -0.481 e. The summed E-state index contributed by atoms with van der Waals surface area (Å²) in [5.41, 5.74) is -0.829. The fraction of sp³-hybridized carbons (Fsp3) is 0.824. The molecule has 1 unspecified atom stereocenters. The van der Waals surface area contributed by atoms with Gasteiger partial charge in [-0.05, 0) is 32.6 Å². The molecular formula is C17H30N2O4. The summed E-state index contributed by atoms with van der Waals surface area (Å²) in [6.45, 7) is 8.08. The fourth-order valence-corrected chi connectivity index (χ4v) is 2.96. The highest BCUT2D eigenvalue weighted by Crippen LogP contribution is 2.30. The quantitative estimate of drug-likeness (QED) is 0.704. The molecule has 1 aliphatic rings. The Balaban J connectivity index is 2.37. The number of carbonyl (C=O) groups excluding carboxylic acids is 2. The SMILES string of the molecule is CCCN(CCC)C(=O)CCCC(=O)N1CCC(C)(C(=O)O)C1. The average molecular weight is 326 g/mol. The van der Waals surface area contributed by atoms with E-state index in [1.165, 1.54) is 0 Å². The van der Waals surface area contributed by atoms with Crippen molar-refractivity contribution in [1.29, 1.82) is 0 Å². The van der Waals surface area contributed by atoms with Gasteiger partial charge in [-0.1, -0.05) is 13.8 Å². The molecular weight excluding hydrogens is 296 g/mol. The van der Waals surface area contributed by atoms with Crippen LogP contribution in [0, 0.1) is 5.41 Å². The molecule has 2 amide bonds. The number of carboxylic acid groups (broad SMARTS) is 1. The Hall–Kier alpha value is -1.59.